The van der Waals surface area contributed by atoms with Crippen LogP contribution in [0.5, 0.6) is 0 Å². The van der Waals surface area contributed by atoms with Crippen LogP contribution in [0.2, 0.25) is 0 Å². The van der Waals surface area contributed by atoms with Gasteiger partial charge in [-0.1, -0.05) is 19.8 Å². The van der Waals surface area contributed by atoms with Crippen molar-refractivity contribution in [3.63, 3.8) is 0 Å². The summed E-state index contributed by atoms with van der Waals surface area (Å²) in [6.07, 6.45) is 10.8. The average Bonchev–Trinajstić information content (AvgIpc) is 2.41. The summed E-state index contributed by atoms with van der Waals surface area (Å²) >= 11 is 0. The Labute approximate surface area is 106 Å². The zero-order chi connectivity index (χ0) is 12.1. The van der Waals surface area contributed by atoms with Crippen LogP contribution in [0.4, 0.5) is 0 Å². The first kappa shape index (κ1) is 13.4. The van der Waals surface area contributed by atoms with Crippen LogP contribution in [0.25, 0.3) is 0 Å². The third-order valence-corrected chi connectivity index (χ3v) is 5.23. The molecule has 1 aliphatic heterocycles. The third-order valence-electron chi connectivity index (χ3n) is 5.23. The predicted octanol–water partition coefficient (Wildman–Crippen LogP) is 3.35. The summed E-state index contributed by atoms with van der Waals surface area (Å²) in [5.41, 5.74) is 6.55. The fourth-order valence-electron chi connectivity index (χ4n) is 3.95. The second-order valence-electron chi connectivity index (χ2n) is 6.21. The van der Waals surface area contributed by atoms with E-state index < -0.39 is 0 Å². The second kappa shape index (κ2) is 6.19. The van der Waals surface area contributed by atoms with Gasteiger partial charge in [0.2, 0.25) is 0 Å². The van der Waals surface area contributed by atoms with Crippen molar-refractivity contribution in [1.29, 1.82) is 0 Å². The van der Waals surface area contributed by atoms with E-state index in [1.54, 1.807) is 0 Å². The van der Waals surface area contributed by atoms with Crippen LogP contribution < -0.4 is 5.73 Å². The largest absolute Gasteiger partial charge is 0.381 e. The lowest BCUT2D eigenvalue weighted by Gasteiger charge is -2.46. The maximum atomic E-state index is 6.13. The van der Waals surface area contributed by atoms with Gasteiger partial charge in [-0.05, 0) is 62.3 Å². The first-order valence-corrected chi connectivity index (χ1v) is 7.58. The molecular formula is C15H29NO. The highest BCUT2D eigenvalue weighted by atomic mass is 16.5. The molecule has 2 nitrogen and oxygen atoms in total. The Kier molecular flexibility index (Phi) is 4.87. The molecule has 1 heterocycles. The van der Waals surface area contributed by atoms with Crippen molar-refractivity contribution >= 4 is 0 Å². The Morgan fingerprint density at radius 3 is 2.53 bits per heavy atom. The lowest BCUT2D eigenvalue weighted by Crippen LogP contribution is -2.44. The van der Waals surface area contributed by atoms with E-state index in [0.29, 0.717) is 5.41 Å². The molecule has 0 spiro atoms. The van der Waals surface area contributed by atoms with Crippen molar-refractivity contribution in [2.75, 3.05) is 19.8 Å². The molecule has 0 aromatic carbocycles. The van der Waals surface area contributed by atoms with E-state index in [4.69, 9.17) is 10.5 Å². The quantitative estimate of drug-likeness (QED) is 0.816. The van der Waals surface area contributed by atoms with E-state index in [9.17, 15) is 0 Å². The Morgan fingerprint density at radius 1 is 1.24 bits per heavy atom. The number of ether oxygens (including phenoxy) is 1. The van der Waals surface area contributed by atoms with Gasteiger partial charge in [-0.15, -0.1) is 0 Å². The molecule has 2 N–H and O–H groups in total. The molecule has 17 heavy (non-hydrogen) atoms. The highest BCUT2D eigenvalue weighted by Crippen LogP contribution is 2.47. The predicted molar refractivity (Wildman–Crippen MR) is 71.9 cm³/mol. The maximum absolute atomic E-state index is 6.13. The van der Waals surface area contributed by atoms with Crippen molar-refractivity contribution in [2.24, 2.45) is 23.0 Å². The lowest BCUT2D eigenvalue weighted by molar-refractivity contribution is -0.0294. The number of nitrogens with two attached hydrogens (primary N) is 1. The standard InChI is InChI=1S/C15H29NO/c1-2-4-13-6-8-15(12-16,9-7-13)14-5-3-10-17-11-14/h13-14H,2-12,16H2,1H3. The monoisotopic (exact) mass is 239 g/mol. The Bertz CT molecular complexity index is 215. The van der Waals surface area contributed by atoms with Crippen LogP contribution in [0.1, 0.15) is 58.3 Å². The van der Waals surface area contributed by atoms with E-state index in [-0.39, 0.29) is 0 Å². The van der Waals surface area contributed by atoms with E-state index in [0.717, 1.165) is 31.6 Å². The molecular weight excluding hydrogens is 210 g/mol. The van der Waals surface area contributed by atoms with Crippen LogP contribution in [-0.4, -0.2) is 19.8 Å². The molecule has 0 bridgehead atoms. The number of hydrogen-bond acceptors (Lipinski definition) is 2. The molecule has 2 heteroatoms. The molecule has 2 fully saturated rings. The molecule has 1 saturated heterocycles. The normalized spacial score (nSPS) is 39.2. The van der Waals surface area contributed by atoms with Gasteiger partial charge in [0.25, 0.3) is 0 Å². The summed E-state index contributed by atoms with van der Waals surface area (Å²) in [4.78, 5) is 0. The summed E-state index contributed by atoms with van der Waals surface area (Å²) in [5, 5.41) is 0. The number of rotatable bonds is 4. The van der Waals surface area contributed by atoms with Crippen molar-refractivity contribution in [1.82, 2.24) is 0 Å². The van der Waals surface area contributed by atoms with Gasteiger partial charge in [-0.2, -0.15) is 0 Å². The molecule has 1 saturated carbocycles. The second-order valence-corrected chi connectivity index (χ2v) is 6.21. The van der Waals surface area contributed by atoms with Crippen LogP contribution in [0, 0.1) is 17.3 Å². The summed E-state index contributed by atoms with van der Waals surface area (Å²) in [7, 11) is 0. The zero-order valence-corrected chi connectivity index (χ0v) is 11.4. The molecule has 100 valence electrons. The average molecular weight is 239 g/mol. The third kappa shape index (κ3) is 3.03. The zero-order valence-electron chi connectivity index (χ0n) is 11.4. The summed E-state index contributed by atoms with van der Waals surface area (Å²) < 4.78 is 5.68. The summed E-state index contributed by atoms with van der Waals surface area (Å²) in [6, 6.07) is 0. The van der Waals surface area contributed by atoms with E-state index in [1.165, 1.54) is 51.4 Å². The van der Waals surface area contributed by atoms with E-state index >= 15 is 0 Å². The molecule has 1 atom stereocenters. The Balaban J connectivity index is 1.92. The van der Waals surface area contributed by atoms with Gasteiger partial charge in [0, 0.05) is 13.2 Å². The van der Waals surface area contributed by atoms with Gasteiger partial charge in [0.15, 0.2) is 0 Å². The van der Waals surface area contributed by atoms with Crippen molar-refractivity contribution in [3.05, 3.63) is 0 Å². The fourth-order valence-corrected chi connectivity index (χ4v) is 3.95. The topological polar surface area (TPSA) is 35.2 Å². The Hall–Kier alpha value is -0.0800. The molecule has 0 aromatic heterocycles. The lowest BCUT2D eigenvalue weighted by atomic mass is 9.62. The van der Waals surface area contributed by atoms with Gasteiger partial charge in [0.05, 0.1) is 0 Å². The van der Waals surface area contributed by atoms with E-state index in [2.05, 4.69) is 6.92 Å². The summed E-state index contributed by atoms with van der Waals surface area (Å²) in [5.74, 6) is 1.72. The van der Waals surface area contributed by atoms with Crippen molar-refractivity contribution < 1.29 is 4.74 Å². The van der Waals surface area contributed by atoms with Crippen molar-refractivity contribution in [2.45, 2.75) is 58.3 Å². The molecule has 0 amide bonds. The van der Waals surface area contributed by atoms with Crippen LogP contribution in [-0.2, 0) is 4.74 Å². The smallest absolute Gasteiger partial charge is 0.0500 e. The first-order chi connectivity index (χ1) is 8.30. The van der Waals surface area contributed by atoms with Gasteiger partial charge in [-0.3, -0.25) is 0 Å². The first-order valence-electron chi connectivity index (χ1n) is 7.58. The van der Waals surface area contributed by atoms with Crippen LogP contribution in [0.15, 0.2) is 0 Å². The molecule has 2 aliphatic rings. The molecule has 2 rings (SSSR count). The minimum atomic E-state index is 0.421. The van der Waals surface area contributed by atoms with Gasteiger partial charge in [0.1, 0.15) is 0 Å². The molecule has 1 aliphatic carbocycles. The SMILES string of the molecule is CCCC1CCC(CN)(C2CCCOC2)CC1. The fraction of sp³-hybridized carbons (Fsp3) is 1.00. The van der Waals surface area contributed by atoms with Crippen LogP contribution in [0.3, 0.4) is 0 Å². The van der Waals surface area contributed by atoms with Gasteiger partial charge < -0.3 is 10.5 Å². The Morgan fingerprint density at radius 2 is 2.00 bits per heavy atom. The molecule has 0 radical (unpaired) electrons. The molecule has 1 unspecified atom stereocenters. The highest BCUT2D eigenvalue weighted by Gasteiger charge is 2.41. The van der Waals surface area contributed by atoms with E-state index in [1.807, 2.05) is 0 Å². The minimum Gasteiger partial charge on any atom is -0.381 e. The van der Waals surface area contributed by atoms with Crippen molar-refractivity contribution in [3.8, 4) is 0 Å². The van der Waals surface area contributed by atoms with Gasteiger partial charge >= 0.3 is 0 Å². The van der Waals surface area contributed by atoms with Crippen LogP contribution >= 0.6 is 0 Å². The molecule has 0 aromatic rings. The summed E-state index contributed by atoms with van der Waals surface area (Å²) in [6.45, 7) is 5.12. The highest BCUT2D eigenvalue weighted by molar-refractivity contribution is 4.92. The number of hydrogen-bond donors (Lipinski definition) is 1. The van der Waals surface area contributed by atoms with Gasteiger partial charge in [-0.25, -0.2) is 0 Å². The maximum Gasteiger partial charge on any atom is 0.0500 e. The minimum absolute atomic E-state index is 0.421.